The standard InChI is InChI=1S/C24H30N4O3/c1-15-5-4-6-20(25-15)23(30)26-22-11-17-13-28(18-9-7-16(14-29)8-10-18)27-21(17)12-19(22)24(2,3)31/h4-6,11-13,16,18,29,31H,7-10,14H2,1-3H3,(H,26,30)/t16-,18-. The molecule has 1 aromatic carbocycles. The number of hydrogen-bond donors (Lipinski definition) is 3. The highest BCUT2D eigenvalue weighted by Crippen LogP contribution is 2.35. The molecule has 0 spiro atoms. The van der Waals surface area contributed by atoms with E-state index in [-0.39, 0.29) is 12.5 Å². The van der Waals surface area contributed by atoms with Crippen molar-refractivity contribution in [2.45, 2.75) is 58.1 Å². The molecular weight excluding hydrogens is 392 g/mol. The van der Waals surface area contributed by atoms with E-state index in [0.717, 1.165) is 42.3 Å². The molecule has 31 heavy (non-hydrogen) atoms. The van der Waals surface area contributed by atoms with Gasteiger partial charge in [0, 0.05) is 35.1 Å². The fourth-order valence-electron chi connectivity index (χ4n) is 4.34. The number of aliphatic hydroxyl groups excluding tert-OH is 1. The second-order valence-electron chi connectivity index (χ2n) is 9.10. The third kappa shape index (κ3) is 4.62. The number of anilines is 1. The summed E-state index contributed by atoms with van der Waals surface area (Å²) in [7, 11) is 0. The van der Waals surface area contributed by atoms with Gasteiger partial charge in [-0.15, -0.1) is 0 Å². The number of nitrogens with zero attached hydrogens (tertiary/aromatic N) is 3. The summed E-state index contributed by atoms with van der Waals surface area (Å²) in [6.07, 6.45) is 5.97. The van der Waals surface area contributed by atoms with Crippen molar-refractivity contribution in [1.29, 1.82) is 0 Å². The molecule has 4 rings (SSSR count). The molecule has 1 saturated carbocycles. The molecule has 0 bridgehead atoms. The molecule has 1 aliphatic rings. The summed E-state index contributed by atoms with van der Waals surface area (Å²) in [5.41, 5.74) is 1.89. The molecule has 3 N–H and O–H groups in total. The van der Waals surface area contributed by atoms with Crippen molar-refractivity contribution in [2.24, 2.45) is 5.92 Å². The highest BCUT2D eigenvalue weighted by Gasteiger charge is 2.26. The lowest BCUT2D eigenvalue weighted by atomic mass is 9.87. The van der Waals surface area contributed by atoms with E-state index < -0.39 is 5.60 Å². The van der Waals surface area contributed by atoms with Crippen molar-refractivity contribution < 1.29 is 15.0 Å². The van der Waals surface area contributed by atoms with Crippen LogP contribution in [0.4, 0.5) is 5.69 Å². The summed E-state index contributed by atoms with van der Waals surface area (Å²) in [4.78, 5) is 17.1. The molecule has 1 aliphatic carbocycles. The molecule has 0 atom stereocenters. The lowest BCUT2D eigenvalue weighted by Gasteiger charge is -2.27. The third-order valence-corrected chi connectivity index (χ3v) is 6.14. The molecule has 2 heterocycles. The number of carbonyl (C=O) groups excluding carboxylic acids is 1. The van der Waals surface area contributed by atoms with Gasteiger partial charge in [-0.25, -0.2) is 4.98 Å². The Hall–Kier alpha value is -2.77. The summed E-state index contributed by atoms with van der Waals surface area (Å²) in [6.45, 7) is 5.49. The zero-order valence-electron chi connectivity index (χ0n) is 18.3. The molecule has 0 radical (unpaired) electrons. The second-order valence-corrected chi connectivity index (χ2v) is 9.10. The van der Waals surface area contributed by atoms with Gasteiger partial charge in [0.2, 0.25) is 0 Å². The number of aryl methyl sites for hydroxylation is 1. The number of carbonyl (C=O) groups is 1. The lowest BCUT2D eigenvalue weighted by Crippen LogP contribution is -2.21. The van der Waals surface area contributed by atoms with E-state index >= 15 is 0 Å². The average molecular weight is 423 g/mol. The Morgan fingerprint density at radius 3 is 2.61 bits per heavy atom. The van der Waals surface area contributed by atoms with Crippen LogP contribution in [0.3, 0.4) is 0 Å². The van der Waals surface area contributed by atoms with Crippen LogP contribution in [-0.4, -0.2) is 37.5 Å². The molecule has 0 aliphatic heterocycles. The Balaban J connectivity index is 1.66. The number of amides is 1. The van der Waals surface area contributed by atoms with Gasteiger partial charge < -0.3 is 15.5 Å². The summed E-state index contributed by atoms with van der Waals surface area (Å²) in [5.74, 6) is 0.0725. The number of rotatable bonds is 5. The minimum Gasteiger partial charge on any atom is -0.396 e. The number of pyridine rings is 1. The van der Waals surface area contributed by atoms with Crippen LogP contribution in [0.2, 0.25) is 0 Å². The maximum atomic E-state index is 12.8. The number of benzene rings is 1. The van der Waals surface area contributed by atoms with Crippen molar-refractivity contribution in [3.63, 3.8) is 0 Å². The monoisotopic (exact) mass is 422 g/mol. The number of aliphatic hydroxyl groups is 2. The molecule has 1 amide bonds. The molecular formula is C24H30N4O3. The Morgan fingerprint density at radius 1 is 1.23 bits per heavy atom. The Bertz CT molecular complexity index is 1090. The van der Waals surface area contributed by atoms with Crippen molar-refractivity contribution >= 4 is 22.5 Å². The molecule has 7 nitrogen and oxygen atoms in total. The number of hydrogen-bond acceptors (Lipinski definition) is 5. The van der Waals surface area contributed by atoms with Gasteiger partial charge in [-0.3, -0.25) is 9.48 Å². The van der Waals surface area contributed by atoms with Crippen LogP contribution in [0.25, 0.3) is 10.9 Å². The zero-order valence-corrected chi connectivity index (χ0v) is 18.3. The van der Waals surface area contributed by atoms with Gasteiger partial charge in [-0.05, 0) is 76.6 Å². The van der Waals surface area contributed by atoms with E-state index in [1.54, 1.807) is 26.0 Å². The van der Waals surface area contributed by atoms with Gasteiger partial charge in [0.05, 0.1) is 17.2 Å². The van der Waals surface area contributed by atoms with E-state index in [4.69, 9.17) is 5.10 Å². The van der Waals surface area contributed by atoms with E-state index in [1.165, 1.54) is 0 Å². The van der Waals surface area contributed by atoms with E-state index in [2.05, 4.69) is 10.3 Å². The highest BCUT2D eigenvalue weighted by atomic mass is 16.3. The summed E-state index contributed by atoms with van der Waals surface area (Å²) in [5, 5.41) is 28.7. The Labute approximate surface area is 182 Å². The maximum absolute atomic E-state index is 12.8. The summed E-state index contributed by atoms with van der Waals surface area (Å²) >= 11 is 0. The van der Waals surface area contributed by atoms with Gasteiger partial charge in [0.1, 0.15) is 5.69 Å². The van der Waals surface area contributed by atoms with Crippen LogP contribution in [0.5, 0.6) is 0 Å². The zero-order chi connectivity index (χ0) is 22.2. The maximum Gasteiger partial charge on any atom is 0.274 e. The van der Waals surface area contributed by atoms with Gasteiger partial charge >= 0.3 is 0 Å². The lowest BCUT2D eigenvalue weighted by molar-refractivity contribution is 0.0793. The average Bonchev–Trinajstić information content (AvgIpc) is 3.15. The topological polar surface area (TPSA) is 100 Å². The van der Waals surface area contributed by atoms with E-state index in [9.17, 15) is 15.0 Å². The molecule has 2 aromatic heterocycles. The fourth-order valence-corrected chi connectivity index (χ4v) is 4.34. The van der Waals surface area contributed by atoms with Gasteiger partial charge in [0.15, 0.2) is 0 Å². The minimum absolute atomic E-state index is 0.252. The predicted molar refractivity (Wildman–Crippen MR) is 120 cm³/mol. The van der Waals surface area contributed by atoms with Crippen LogP contribution in [-0.2, 0) is 5.60 Å². The molecule has 1 fully saturated rings. The van der Waals surface area contributed by atoms with Crippen molar-refractivity contribution in [3.05, 3.63) is 53.5 Å². The van der Waals surface area contributed by atoms with Gasteiger partial charge in [0.25, 0.3) is 5.91 Å². The van der Waals surface area contributed by atoms with Gasteiger partial charge in [-0.1, -0.05) is 6.07 Å². The van der Waals surface area contributed by atoms with Crippen LogP contribution in [0, 0.1) is 12.8 Å². The molecule has 0 saturated heterocycles. The SMILES string of the molecule is Cc1cccc(C(=O)Nc2cc3cn([C@H]4CC[C@H](CO)CC4)nc3cc2C(C)(C)O)n1. The summed E-state index contributed by atoms with van der Waals surface area (Å²) < 4.78 is 2.00. The van der Waals surface area contributed by atoms with Crippen LogP contribution in [0.1, 0.15) is 67.3 Å². The number of fused-ring (bicyclic) bond motifs is 1. The first kappa shape index (κ1) is 21.5. The highest BCUT2D eigenvalue weighted by molar-refractivity contribution is 6.04. The summed E-state index contributed by atoms with van der Waals surface area (Å²) in [6, 6.07) is 9.34. The third-order valence-electron chi connectivity index (χ3n) is 6.14. The first-order chi connectivity index (χ1) is 14.7. The first-order valence-electron chi connectivity index (χ1n) is 10.9. The molecule has 3 aromatic rings. The Kier molecular flexibility index (Phi) is 5.81. The second kappa shape index (κ2) is 8.40. The van der Waals surface area contributed by atoms with Crippen LogP contribution in [0.15, 0.2) is 36.5 Å². The van der Waals surface area contributed by atoms with E-state index in [0.29, 0.717) is 28.9 Å². The minimum atomic E-state index is -1.15. The van der Waals surface area contributed by atoms with E-state index in [1.807, 2.05) is 36.0 Å². The van der Waals surface area contributed by atoms with Crippen LogP contribution < -0.4 is 5.32 Å². The number of nitrogens with one attached hydrogen (secondary N) is 1. The smallest absolute Gasteiger partial charge is 0.274 e. The molecule has 0 unspecified atom stereocenters. The Morgan fingerprint density at radius 2 is 1.97 bits per heavy atom. The van der Waals surface area contributed by atoms with Crippen molar-refractivity contribution in [3.8, 4) is 0 Å². The quantitative estimate of drug-likeness (QED) is 0.578. The number of aromatic nitrogens is 3. The molecule has 164 valence electrons. The fraction of sp³-hybridized carbons (Fsp3) is 0.458. The van der Waals surface area contributed by atoms with Crippen molar-refractivity contribution in [2.75, 3.05) is 11.9 Å². The van der Waals surface area contributed by atoms with Crippen LogP contribution >= 0.6 is 0 Å². The molecule has 7 heteroatoms. The van der Waals surface area contributed by atoms with Crippen molar-refractivity contribution in [1.82, 2.24) is 14.8 Å². The largest absolute Gasteiger partial charge is 0.396 e. The predicted octanol–water partition coefficient (Wildman–Crippen LogP) is 3.94. The normalized spacial score (nSPS) is 19.5. The first-order valence-corrected chi connectivity index (χ1v) is 10.9. The van der Waals surface area contributed by atoms with Gasteiger partial charge in [-0.2, -0.15) is 5.10 Å².